The van der Waals surface area contributed by atoms with E-state index in [9.17, 15) is 4.79 Å². The molecule has 0 bridgehead atoms. The van der Waals surface area contributed by atoms with Crippen LogP contribution in [0.2, 0.25) is 0 Å². The molecule has 5 nitrogen and oxygen atoms in total. The van der Waals surface area contributed by atoms with Gasteiger partial charge in [-0.25, -0.2) is 0 Å². The fourth-order valence-electron chi connectivity index (χ4n) is 2.61. The quantitative estimate of drug-likeness (QED) is 0.684. The van der Waals surface area contributed by atoms with Gasteiger partial charge in [0.2, 0.25) is 5.91 Å². The van der Waals surface area contributed by atoms with Crippen LogP contribution < -0.4 is 5.32 Å². The Morgan fingerprint density at radius 1 is 1.20 bits per heavy atom. The molecule has 2 heterocycles. The van der Waals surface area contributed by atoms with Crippen molar-refractivity contribution in [1.29, 1.82) is 0 Å². The summed E-state index contributed by atoms with van der Waals surface area (Å²) >= 11 is 3.40. The number of anilines is 1. The molecule has 128 valence electrons. The number of pyridine rings is 2. The maximum atomic E-state index is 12.6. The van der Waals surface area contributed by atoms with Crippen LogP contribution in [0.25, 0.3) is 11.0 Å². The van der Waals surface area contributed by atoms with Gasteiger partial charge in [-0.1, -0.05) is 30.3 Å². The van der Waals surface area contributed by atoms with Gasteiger partial charge in [-0.2, -0.15) is 0 Å². The second-order valence-corrected chi connectivity index (χ2v) is 6.54. The number of carbonyl (C=O) groups excluding carboxylic acids is 1. The summed E-state index contributed by atoms with van der Waals surface area (Å²) in [6.45, 7) is 3.48. The maximum absolute atomic E-state index is 12.6. The summed E-state index contributed by atoms with van der Waals surface area (Å²) in [4.78, 5) is 23.1. The van der Waals surface area contributed by atoms with E-state index in [0.29, 0.717) is 13.1 Å². The minimum atomic E-state index is 0.0495. The average Bonchev–Trinajstić information content (AvgIpc) is 2.64. The van der Waals surface area contributed by atoms with Crippen LogP contribution >= 0.6 is 15.9 Å². The third kappa shape index (κ3) is 4.33. The first-order valence-electron chi connectivity index (χ1n) is 8.13. The Hall–Kier alpha value is -2.47. The molecule has 6 heteroatoms. The van der Waals surface area contributed by atoms with Crippen molar-refractivity contribution in [1.82, 2.24) is 14.9 Å². The summed E-state index contributed by atoms with van der Waals surface area (Å²) in [5, 5.41) is 3.20. The van der Waals surface area contributed by atoms with Gasteiger partial charge in [-0.3, -0.25) is 14.8 Å². The highest BCUT2D eigenvalue weighted by Gasteiger charge is 2.13. The normalized spacial score (nSPS) is 10.6. The number of rotatable bonds is 6. The zero-order chi connectivity index (χ0) is 17.6. The van der Waals surface area contributed by atoms with Crippen molar-refractivity contribution in [2.75, 3.05) is 18.4 Å². The van der Waals surface area contributed by atoms with Gasteiger partial charge >= 0.3 is 0 Å². The maximum Gasteiger partial charge on any atom is 0.242 e. The standard InChI is InChI=1S/C19H19BrN4O/c1-2-24(13-14-6-4-3-5-7-14)18(25)12-22-16-8-9-21-17-10-15(20)11-23-19(16)17/h3-11H,2,12-13H2,1H3,(H,21,22). The molecule has 25 heavy (non-hydrogen) atoms. The number of halogens is 1. The van der Waals surface area contributed by atoms with Crippen molar-refractivity contribution >= 4 is 38.6 Å². The van der Waals surface area contributed by atoms with Crippen molar-refractivity contribution in [3.8, 4) is 0 Å². The van der Waals surface area contributed by atoms with Crippen LogP contribution in [0.5, 0.6) is 0 Å². The van der Waals surface area contributed by atoms with Gasteiger partial charge in [0.25, 0.3) is 0 Å². The Labute approximate surface area is 155 Å². The number of hydrogen-bond acceptors (Lipinski definition) is 4. The van der Waals surface area contributed by atoms with Gasteiger partial charge < -0.3 is 10.2 Å². The first kappa shape index (κ1) is 17.4. The Bertz CT molecular complexity index is 870. The Morgan fingerprint density at radius 2 is 2.00 bits per heavy atom. The van der Waals surface area contributed by atoms with Crippen LogP contribution in [0.4, 0.5) is 5.69 Å². The van der Waals surface area contributed by atoms with Crippen LogP contribution in [0, 0.1) is 0 Å². The Kier molecular flexibility index (Phi) is 5.60. The second kappa shape index (κ2) is 8.07. The molecule has 0 aliphatic carbocycles. The van der Waals surface area contributed by atoms with Crippen LogP contribution in [0.15, 0.2) is 59.3 Å². The number of hydrogen-bond donors (Lipinski definition) is 1. The topological polar surface area (TPSA) is 58.1 Å². The molecular formula is C19H19BrN4O. The molecule has 0 saturated carbocycles. The number of amides is 1. The fraction of sp³-hybridized carbons (Fsp3) is 0.211. The van der Waals surface area contributed by atoms with Crippen LogP contribution in [0.1, 0.15) is 12.5 Å². The molecule has 1 amide bonds. The molecule has 0 aliphatic rings. The molecule has 0 saturated heterocycles. The van der Waals surface area contributed by atoms with E-state index in [2.05, 4.69) is 31.2 Å². The van der Waals surface area contributed by atoms with E-state index in [4.69, 9.17) is 0 Å². The van der Waals surface area contributed by atoms with Crippen LogP contribution in [-0.2, 0) is 11.3 Å². The summed E-state index contributed by atoms with van der Waals surface area (Å²) in [5.74, 6) is 0.0495. The van der Waals surface area contributed by atoms with Gasteiger partial charge in [-0.15, -0.1) is 0 Å². The Morgan fingerprint density at radius 3 is 2.76 bits per heavy atom. The molecule has 0 atom stereocenters. The molecule has 0 fully saturated rings. The van der Waals surface area contributed by atoms with Crippen molar-refractivity contribution in [3.63, 3.8) is 0 Å². The molecule has 2 aromatic heterocycles. The Balaban J connectivity index is 1.69. The number of carbonyl (C=O) groups is 1. The zero-order valence-corrected chi connectivity index (χ0v) is 15.5. The molecule has 1 aromatic carbocycles. The lowest BCUT2D eigenvalue weighted by molar-refractivity contribution is -0.129. The first-order valence-corrected chi connectivity index (χ1v) is 8.92. The predicted molar refractivity (Wildman–Crippen MR) is 103 cm³/mol. The van der Waals surface area contributed by atoms with Gasteiger partial charge in [0.1, 0.15) is 5.52 Å². The third-order valence-electron chi connectivity index (χ3n) is 3.92. The van der Waals surface area contributed by atoms with E-state index in [1.165, 1.54) is 0 Å². The summed E-state index contributed by atoms with van der Waals surface area (Å²) < 4.78 is 0.876. The van der Waals surface area contributed by atoms with Gasteiger partial charge in [0.05, 0.1) is 17.7 Å². The SMILES string of the molecule is CCN(Cc1ccccc1)C(=O)CNc1ccnc2cc(Br)cnc12. The number of nitrogens with zero attached hydrogens (tertiary/aromatic N) is 3. The van der Waals surface area contributed by atoms with E-state index >= 15 is 0 Å². The largest absolute Gasteiger partial charge is 0.374 e. The van der Waals surface area contributed by atoms with E-state index in [0.717, 1.165) is 26.8 Å². The van der Waals surface area contributed by atoms with Crippen molar-refractivity contribution in [2.45, 2.75) is 13.5 Å². The molecular weight excluding hydrogens is 380 g/mol. The molecule has 0 unspecified atom stereocenters. The number of fused-ring (bicyclic) bond motifs is 1. The van der Waals surface area contributed by atoms with Crippen molar-refractivity contribution in [2.24, 2.45) is 0 Å². The molecule has 0 spiro atoms. The molecule has 1 N–H and O–H groups in total. The molecule has 3 rings (SSSR count). The number of aromatic nitrogens is 2. The van der Waals surface area contributed by atoms with Gasteiger partial charge in [0, 0.05) is 30.0 Å². The number of nitrogens with one attached hydrogen (secondary N) is 1. The summed E-state index contributed by atoms with van der Waals surface area (Å²) in [6, 6.07) is 13.7. The summed E-state index contributed by atoms with van der Waals surface area (Å²) in [5.41, 5.74) is 3.47. The van der Waals surface area contributed by atoms with Crippen LogP contribution in [-0.4, -0.2) is 33.9 Å². The number of likely N-dealkylation sites (N-methyl/N-ethyl adjacent to an activating group) is 1. The smallest absolute Gasteiger partial charge is 0.242 e. The monoisotopic (exact) mass is 398 g/mol. The predicted octanol–water partition coefficient (Wildman–Crippen LogP) is 3.85. The minimum absolute atomic E-state index is 0.0495. The first-order chi connectivity index (χ1) is 12.2. The van der Waals surface area contributed by atoms with E-state index in [1.54, 1.807) is 12.4 Å². The van der Waals surface area contributed by atoms with Crippen molar-refractivity contribution in [3.05, 3.63) is 64.9 Å². The van der Waals surface area contributed by atoms with Gasteiger partial charge in [0.15, 0.2) is 0 Å². The highest BCUT2D eigenvalue weighted by molar-refractivity contribution is 9.10. The van der Waals surface area contributed by atoms with E-state index in [1.807, 2.05) is 54.3 Å². The molecule has 0 aliphatic heterocycles. The third-order valence-corrected chi connectivity index (χ3v) is 4.36. The number of benzene rings is 1. The van der Waals surface area contributed by atoms with Crippen molar-refractivity contribution < 1.29 is 4.79 Å². The second-order valence-electron chi connectivity index (χ2n) is 5.63. The lowest BCUT2D eigenvalue weighted by atomic mass is 10.2. The minimum Gasteiger partial charge on any atom is -0.374 e. The van der Waals surface area contributed by atoms with Crippen LogP contribution in [0.3, 0.4) is 0 Å². The fourth-order valence-corrected chi connectivity index (χ4v) is 2.93. The lowest BCUT2D eigenvalue weighted by Crippen LogP contribution is -2.35. The average molecular weight is 399 g/mol. The summed E-state index contributed by atoms with van der Waals surface area (Å²) in [7, 11) is 0. The highest BCUT2D eigenvalue weighted by Crippen LogP contribution is 2.21. The molecule has 0 radical (unpaired) electrons. The summed E-state index contributed by atoms with van der Waals surface area (Å²) in [6.07, 6.45) is 3.44. The van der Waals surface area contributed by atoms with E-state index < -0.39 is 0 Å². The zero-order valence-electron chi connectivity index (χ0n) is 13.9. The molecule has 3 aromatic rings. The highest BCUT2D eigenvalue weighted by atomic mass is 79.9. The van der Waals surface area contributed by atoms with E-state index in [-0.39, 0.29) is 12.5 Å². The van der Waals surface area contributed by atoms with Gasteiger partial charge in [-0.05, 0) is 40.5 Å². The lowest BCUT2D eigenvalue weighted by Gasteiger charge is -2.21.